The molecule has 0 spiro atoms. The van der Waals surface area contributed by atoms with Crippen LogP contribution in [0.3, 0.4) is 0 Å². The summed E-state index contributed by atoms with van der Waals surface area (Å²) in [6.07, 6.45) is 2.33. The molecule has 2 atom stereocenters. The molecule has 0 aliphatic carbocycles. The number of H-pyrrole nitrogens is 1. The van der Waals surface area contributed by atoms with E-state index in [1.165, 1.54) is 6.33 Å². The molecule has 0 aliphatic rings. The van der Waals surface area contributed by atoms with Crippen molar-refractivity contribution in [1.82, 2.24) is 9.97 Å². The van der Waals surface area contributed by atoms with Gasteiger partial charge in [0.2, 0.25) is 5.75 Å². The van der Waals surface area contributed by atoms with Gasteiger partial charge in [0.1, 0.15) is 6.10 Å². The number of aromatic amines is 1. The number of rotatable bonds is 9. The Labute approximate surface area is 174 Å². The van der Waals surface area contributed by atoms with Crippen LogP contribution in [0.1, 0.15) is 40.0 Å². The van der Waals surface area contributed by atoms with Gasteiger partial charge in [-0.3, -0.25) is 4.79 Å². The first-order valence-electron chi connectivity index (χ1n) is 9.84. The molecule has 3 aromatic rings. The largest absolute Gasteiger partial charge is 0.502 e. The minimum atomic E-state index is -0.850. The molecule has 7 heteroatoms. The molecule has 0 saturated carbocycles. The van der Waals surface area contributed by atoms with E-state index in [0.29, 0.717) is 5.56 Å². The number of aliphatic hydroxyl groups excluding tert-OH is 3. The lowest BCUT2D eigenvalue weighted by Gasteiger charge is -2.15. The molecular formula is C23H26N2O5. The molecule has 3 rings (SSSR count). The molecule has 0 fully saturated rings. The molecule has 1 aromatic heterocycles. The average molecular weight is 410 g/mol. The number of aromatic nitrogens is 2. The van der Waals surface area contributed by atoms with Crippen molar-refractivity contribution >= 4 is 0 Å². The van der Waals surface area contributed by atoms with Crippen LogP contribution in [0.25, 0.3) is 0 Å². The summed E-state index contributed by atoms with van der Waals surface area (Å²) in [5.41, 5.74) is 3.55. The van der Waals surface area contributed by atoms with Crippen molar-refractivity contribution in [1.29, 1.82) is 0 Å². The highest BCUT2D eigenvalue weighted by atomic mass is 16.3. The van der Waals surface area contributed by atoms with Crippen molar-refractivity contribution in [2.75, 3.05) is 13.2 Å². The molecule has 0 aliphatic heterocycles. The van der Waals surface area contributed by atoms with E-state index in [1.54, 1.807) is 0 Å². The molecule has 30 heavy (non-hydrogen) atoms. The minimum absolute atomic E-state index is 0.126. The first kappa shape index (κ1) is 21.7. The topological polar surface area (TPSA) is 127 Å². The zero-order valence-corrected chi connectivity index (χ0v) is 16.5. The van der Waals surface area contributed by atoms with E-state index in [1.807, 2.05) is 48.5 Å². The molecule has 1 unspecified atom stereocenters. The smallest absolute Gasteiger partial charge is 0.293 e. The number of nitrogens with zero attached hydrogens (tertiary/aromatic N) is 1. The van der Waals surface area contributed by atoms with Gasteiger partial charge in [0, 0.05) is 12.3 Å². The Morgan fingerprint density at radius 2 is 1.43 bits per heavy atom. The molecule has 158 valence electrons. The minimum Gasteiger partial charge on any atom is -0.502 e. The Morgan fingerprint density at radius 3 is 1.97 bits per heavy atom. The molecule has 0 bridgehead atoms. The van der Waals surface area contributed by atoms with Gasteiger partial charge in [-0.15, -0.1) is 0 Å². The van der Waals surface area contributed by atoms with Crippen LogP contribution < -0.4 is 5.56 Å². The normalized spacial score (nSPS) is 13.2. The molecule has 5 N–H and O–H groups in total. The number of aryl methyl sites for hydroxylation is 2. The number of benzene rings is 2. The van der Waals surface area contributed by atoms with Crippen molar-refractivity contribution < 1.29 is 20.4 Å². The second-order valence-electron chi connectivity index (χ2n) is 7.29. The van der Waals surface area contributed by atoms with Crippen molar-refractivity contribution in [3.63, 3.8) is 0 Å². The second kappa shape index (κ2) is 10.2. The molecule has 7 nitrogen and oxygen atoms in total. The molecule has 0 radical (unpaired) electrons. The number of nitrogens with one attached hydrogen (secondary N) is 1. The number of aromatic hydroxyl groups is 1. The van der Waals surface area contributed by atoms with E-state index < -0.39 is 17.4 Å². The number of aliphatic hydroxyl groups is 3. The van der Waals surface area contributed by atoms with Crippen LogP contribution in [-0.4, -0.2) is 43.6 Å². The SMILES string of the molecule is O=c1[nH]cnc(C[C@@H](CO)c2ccc(CCc3ccc(C(O)CO)cc3)cc2)c1O. The third-order valence-electron chi connectivity index (χ3n) is 5.26. The van der Waals surface area contributed by atoms with E-state index in [9.17, 15) is 20.1 Å². The summed E-state index contributed by atoms with van der Waals surface area (Å²) in [5, 5.41) is 38.3. The maximum absolute atomic E-state index is 11.5. The maximum atomic E-state index is 11.5. The van der Waals surface area contributed by atoms with Crippen molar-refractivity contribution in [3.8, 4) is 5.75 Å². The van der Waals surface area contributed by atoms with Gasteiger partial charge in [-0.2, -0.15) is 0 Å². The highest BCUT2D eigenvalue weighted by Gasteiger charge is 2.16. The summed E-state index contributed by atoms with van der Waals surface area (Å²) in [6.45, 7) is -0.420. The van der Waals surface area contributed by atoms with Crippen LogP contribution in [0.4, 0.5) is 0 Å². The lowest BCUT2D eigenvalue weighted by Crippen LogP contribution is -2.14. The fourth-order valence-corrected chi connectivity index (χ4v) is 3.36. The standard InChI is InChI=1S/C23H26N2O5/c26-12-19(11-20-22(29)23(30)25-14-24-20)17-7-3-15(4-8-17)1-2-16-5-9-18(10-6-16)21(28)13-27/h3-10,14,19,21,26-29H,1-2,11-13H2,(H,24,25,30)/t19-,21?/m0/s1. The maximum Gasteiger partial charge on any atom is 0.293 e. The summed E-state index contributed by atoms with van der Waals surface area (Å²) in [5.74, 6) is -0.685. The van der Waals surface area contributed by atoms with Crippen molar-refractivity contribution in [2.45, 2.75) is 31.3 Å². The van der Waals surface area contributed by atoms with E-state index in [-0.39, 0.29) is 31.2 Å². The lowest BCUT2D eigenvalue weighted by atomic mass is 9.93. The molecule has 0 saturated heterocycles. The third-order valence-corrected chi connectivity index (χ3v) is 5.26. The summed E-state index contributed by atoms with van der Waals surface area (Å²) in [7, 11) is 0. The van der Waals surface area contributed by atoms with E-state index >= 15 is 0 Å². The molecule has 0 amide bonds. The predicted octanol–water partition coefficient (Wildman–Crippen LogP) is 1.60. The number of hydrogen-bond acceptors (Lipinski definition) is 6. The summed E-state index contributed by atoms with van der Waals surface area (Å²) >= 11 is 0. The zero-order chi connectivity index (χ0) is 21.5. The predicted molar refractivity (Wildman–Crippen MR) is 112 cm³/mol. The van der Waals surface area contributed by atoms with Crippen LogP contribution >= 0.6 is 0 Å². The van der Waals surface area contributed by atoms with E-state index in [2.05, 4.69) is 9.97 Å². The fourth-order valence-electron chi connectivity index (χ4n) is 3.36. The van der Waals surface area contributed by atoms with E-state index in [0.717, 1.165) is 29.5 Å². The second-order valence-corrected chi connectivity index (χ2v) is 7.29. The fraction of sp³-hybridized carbons (Fsp3) is 0.304. The van der Waals surface area contributed by atoms with Gasteiger partial charge >= 0.3 is 0 Å². The Hall–Kier alpha value is -3.00. The van der Waals surface area contributed by atoms with Gasteiger partial charge in [-0.25, -0.2) is 4.98 Å². The van der Waals surface area contributed by atoms with Crippen molar-refractivity contribution in [3.05, 3.63) is 93.2 Å². The van der Waals surface area contributed by atoms with Crippen LogP contribution in [0.15, 0.2) is 59.7 Å². The first-order chi connectivity index (χ1) is 14.5. The zero-order valence-electron chi connectivity index (χ0n) is 16.5. The highest BCUT2D eigenvalue weighted by molar-refractivity contribution is 5.30. The summed E-state index contributed by atoms with van der Waals surface area (Å²) < 4.78 is 0. The summed E-state index contributed by atoms with van der Waals surface area (Å²) in [4.78, 5) is 17.8. The van der Waals surface area contributed by atoms with Gasteiger partial charge in [0.15, 0.2) is 0 Å². The van der Waals surface area contributed by atoms with Crippen LogP contribution in [0.2, 0.25) is 0 Å². The van der Waals surface area contributed by atoms with Gasteiger partial charge in [-0.05, 0) is 35.1 Å². The Kier molecular flexibility index (Phi) is 7.35. The Balaban J connectivity index is 1.62. The summed E-state index contributed by atoms with van der Waals surface area (Å²) in [6, 6.07) is 15.4. The van der Waals surface area contributed by atoms with Crippen LogP contribution in [0, 0.1) is 0 Å². The average Bonchev–Trinajstić information content (AvgIpc) is 2.79. The van der Waals surface area contributed by atoms with Gasteiger partial charge < -0.3 is 25.4 Å². The van der Waals surface area contributed by atoms with Gasteiger partial charge in [-0.1, -0.05) is 48.5 Å². The number of hydrogen-bond donors (Lipinski definition) is 5. The molecule has 1 heterocycles. The van der Waals surface area contributed by atoms with Gasteiger partial charge in [0.25, 0.3) is 5.56 Å². The van der Waals surface area contributed by atoms with Crippen LogP contribution in [0.5, 0.6) is 5.75 Å². The van der Waals surface area contributed by atoms with Gasteiger partial charge in [0.05, 0.1) is 25.2 Å². The van der Waals surface area contributed by atoms with Crippen molar-refractivity contribution in [2.24, 2.45) is 0 Å². The quantitative estimate of drug-likeness (QED) is 0.365. The van der Waals surface area contributed by atoms with E-state index in [4.69, 9.17) is 5.11 Å². The molecular weight excluding hydrogens is 384 g/mol. The highest BCUT2D eigenvalue weighted by Crippen LogP contribution is 2.23. The third kappa shape index (κ3) is 5.33. The lowest BCUT2D eigenvalue weighted by molar-refractivity contribution is 0.0956. The Bertz CT molecular complexity index is 999. The molecule has 2 aromatic carbocycles. The first-order valence-corrected chi connectivity index (χ1v) is 9.84. The monoisotopic (exact) mass is 410 g/mol. The Morgan fingerprint density at radius 1 is 0.867 bits per heavy atom. The van der Waals surface area contributed by atoms with Crippen LogP contribution in [-0.2, 0) is 19.3 Å².